The minimum absolute atomic E-state index is 0.0775. The third-order valence-corrected chi connectivity index (χ3v) is 3.38. The first-order valence-electron chi connectivity index (χ1n) is 5.86. The first-order chi connectivity index (χ1) is 7.73. The topological polar surface area (TPSA) is 62.7 Å². The third kappa shape index (κ3) is 1.91. The number of carbonyl (C=O) groups is 1. The molecule has 1 heterocycles. The summed E-state index contributed by atoms with van der Waals surface area (Å²) in [5, 5.41) is 6.08. The molecule has 1 saturated carbocycles. The van der Waals surface area contributed by atoms with Gasteiger partial charge in [0.25, 0.3) is 5.91 Å². The zero-order valence-corrected chi connectivity index (χ0v) is 9.88. The molecule has 90 valence electrons. The zero-order chi connectivity index (χ0) is 11.6. The number of nitrogens with one attached hydrogen (secondary N) is 2. The summed E-state index contributed by atoms with van der Waals surface area (Å²) in [6, 6.07) is 0. The van der Waals surface area contributed by atoms with Crippen molar-refractivity contribution in [3.05, 3.63) is 0 Å². The monoisotopic (exact) mass is 225 g/mol. The number of carbonyl (C=O) groups excluding carboxylic acids is 1. The van der Waals surface area contributed by atoms with Crippen molar-refractivity contribution in [2.45, 2.75) is 31.7 Å². The number of amides is 1. The van der Waals surface area contributed by atoms with E-state index in [1.807, 2.05) is 6.92 Å². The summed E-state index contributed by atoms with van der Waals surface area (Å²) in [6.07, 6.45) is 3.09. The van der Waals surface area contributed by atoms with Crippen LogP contribution in [0.25, 0.3) is 0 Å². The first kappa shape index (κ1) is 11.4. The smallest absolute Gasteiger partial charge is 0.252 e. The number of guanidine groups is 1. The van der Waals surface area contributed by atoms with E-state index < -0.39 is 5.54 Å². The van der Waals surface area contributed by atoms with Gasteiger partial charge in [-0.25, -0.2) is 0 Å². The van der Waals surface area contributed by atoms with Crippen LogP contribution < -0.4 is 10.6 Å². The highest BCUT2D eigenvalue weighted by Crippen LogP contribution is 2.42. The molecule has 1 saturated heterocycles. The van der Waals surface area contributed by atoms with Gasteiger partial charge in [-0.05, 0) is 25.2 Å². The maximum Gasteiger partial charge on any atom is 0.252 e. The van der Waals surface area contributed by atoms with Gasteiger partial charge in [0.15, 0.2) is 5.96 Å². The highest BCUT2D eigenvalue weighted by atomic mass is 16.5. The number of ether oxygens (including phenoxy) is 1. The van der Waals surface area contributed by atoms with Crippen molar-refractivity contribution in [2.75, 3.05) is 20.3 Å². The molecule has 1 aliphatic heterocycles. The van der Waals surface area contributed by atoms with Gasteiger partial charge < -0.3 is 10.1 Å². The van der Waals surface area contributed by atoms with E-state index in [1.165, 1.54) is 0 Å². The van der Waals surface area contributed by atoms with Gasteiger partial charge in [-0.1, -0.05) is 6.92 Å². The van der Waals surface area contributed by atoms with Gasteiger partial charge in [0.05, 0.1) is 13.2 Å². The number of nitrogens with zero attached hydrogens (tertiary/aromatic N) is 1. The van der Waals surface area contributed by atoms with Crippen LogP contribution in [0.5, 0.6) is 0 Å². The first-order valence-corrected chi connectivity index (χ1v) is 5.86. The Hall–Kier alpha value is -1.10. The molecule has 0 radical (unpaired) electrons. The Labute approximate surface area is 95.6 Å². The zero-order valence-electron chi connectivity index (χ0n) is 9.88. The minimum atomic E-state index is -0.397. The fourth-order valence-electron chi connectivity index (χ4n) is 2.25. The van der Waals surface area contributed by atoms with Crippen LogP contribution in [0, 0.1) is 5.92 Å². The molecular weight excluding hydrogens is 206 g/mol. The van der Waals surface area contributed by atoms with E-state index in [4.69, 9.17) is 4.74 Å². The second kappa shape index (κ2) is 4.41. The Balaban J connectivity index is 2.02. The Kier molecular flexibility index (Phi) is 3.14. The molecule has 16 heavy (non-hydrogen) atoms. The summed E-state index contributed by atoms with van der Waals surface area (Å²) >= 11 is 0. The molecular formula is C11H19N3O2. The van der Waals surface area contributed by atoms with Crippen LogP contribution in [-0.2, 0) is 9.53 Å². The molecule has 1 aliphatic carbocycles. The summed E-state index contributed by atoms with van der Waals surface area (Å²) in [5.74, 6) is 1.16. The number of aliphatic imine (C=N–C) groups is 1. The molecule has 0 aromatic rings. The van der Waals surface area contributed by atoms with Crippen LogP contribution >= 0.6 is 0 Å². The Morgan fingerprint density at radius 3 is 2.88 bits per heavy atom. The van der Waals surface area contributed by atoms with Crippen LogP contribution in [0.4, 0.5) is 0 Å². The molecule has 0 aromatic carbocycles. The Morgan fingerprint density at radius 1 is 1.56 bits per heavy atom. The predicted molar refractivity (Wildman–Crippen MR) is 61.2 cm³/mol. The highest BCUT2D eigenvalue weighted by molar-refractivity contribution is 6.09. The lowest BCUT2D eigenvalue weighted by Crippen LogP contribution is -2.48. The quantitative estimate of drug-likeness (QED) is 0.660. The second-order valence-electron chi connectivity index (χ2n) is 4.40. The third-order valence-electron chi connectivity index (χ3n) is 3.38. The highest BCUT2D eigenvalue weighted by Gasteiger charge is 2.53. The number of hydrogen-bond acceptors (Lipinski definition) is 3. The molecule has 5 nitrogen and oxygen atoms in total. The molecule has 1 amide bonds. The van der Waals surface area contributed by atoms with Crippen molar-refractivity contribution in [2.24, 2.45) is 10.9 Å². The van der Waals surface area contributed by atoms with E-state index in [9.17, 15) is 4.79 Å². The van der Waals surface area contributed by atoms with Gasteiger partial charge in [0, 0.05) is 7.11 Å². The standard InChI is InChI=1S/C11H19N3O2/c1-3-11(8-4-5-8)9(15)13-10(14-11)12-6-7-16-2/h8H,3-7H2,1-2H3,(H2,12,13,14,15). The van der Waals surface area contributed by atoms with Crippen molar-refractivity contribution < 1.29 is 9.53 Å². The van der Waals surface area contributed by atoms with Gasteiger partial charge >= 0.3 is 0 Å². The number of methoxy groups -OCH3 is 1. The SMILES string of the molecule is CCC1(C2CC2)NC(=NCCOC)NC1=O. The average molecular weight is 225 g/mol. The van der Waals surface area contributed by atoms with E-state index in [0.29, 0.717) is 25.0 Å². The van der Waals surface area contributed by atoms with Gasteiger partial charge in [-0.3, -0.25) is 15.1 Å². The van der Waals surface area contributed by atoms with Gasteiger partial charge in [0.1, 0.15) is 5.54 Å². The molecule has 2 fully saturated rings. The molecule has 5 heteroatoms. The van der Waals surface area contributed by atoms with Gasteiger partial charge in [-0.2, -0.15) is 0 Å². The van der Waals surface area contributed by atoms with Crippen molar-refractivity contribution in [1.82, 2.24) is 10.6 Å². The van der Waals surface area contributed by atoms with Crippen molar-refractivity contribution in [3.63, 3.8) is 0 Å². The van der Waals surface area contributed by atoms with Crippen molar-refractivity contribution in [1.29, 1.82) is 0 Å². The maximum atomic E-state index is 12.0. The van der Waals surface area contributed by atoms with Crippen molar-refractivity contribution >= 4 is 11.9 Å². The fourth-order valence-corrected chi connectivity index (χ4v) is 2.25. The van der Waals surface area contributed by atoms with Crippen LogP contribution in [0.3, 0.4) is 0 Å². The van der Waals surface area contributed by atoms with Crippen molar-refractivity contribution in [3.8, 4) is 0 Å². The lowest BCUT2D eigenvalue weighted by Gasteiger charge is -2.24. The maximum absolute atomic E-state index is 12.0. The Bertz CT molecular complexity index is 312. The van der Waals surface area contributed by atoms with E-state index in [2.05, 4.69) is 15.6 Å². The van der Waals surface area contributed by atoms with Crippen LogP contribution in [0.1, 0.15) is 26.2 Å². The molecule has 0 bridgehead atoms. The fraction of sp³-hybridized carbons (Fsp3) is 0.818. The predicted octanol–water partition coefficient (Wildman–Crippen LogP) is 0.267. The Morgan fingerprint density at radius 2 is 2.31 bits per heavy atom. The molecule has 0 spiro atoms. The van der Waals surface area contributed by atoms with E-state index >= 15 is 0 Å². The molecule has 1 unspecified atom stereocenters. The molecule has 0 aromatic heterocycles. The lowest BCUT2D eigenvalue weighted by molar-refractivity contribution is -0.124. The number of rotatable bonds is 5. The number of hydrogen-bond donors (Lipinski definition) is 2. The normalized spacial score (nSPS) is 31.6. The van der Waals surface area contributed by atoms with Crippen LogP contribution in [0.15, 0.2) is 4.99 Å². The van der Waals surface area contributed by atoms with E-state index in [1.54, 1.807) is 7.11 Å². The second-order valence-corrected chi connectivity index (χ2v) is 4.40. The molecule has 2 aliphatic rings. The van der Waals surface area contributed by atoms with Crippen LogP contribution in [-0.4, -0.2) is 37.7 Å². The van der Waals surface area contributed by atoms with E-state index in [0.717, 1.165) is 19.3 Å². The summed E-state index contributed by atoms with van der Waals surface area (Å²) < 4.78 is 4.92. The largest absolute Gasteiger partial charge is 0.383 e. The summed E-state index contributed by atoms with van der Waals surface area (Å²) in [6.45, 7) is 3.19. The molecule has 1 atom stereocenters. The van der Waals surface area contributed by atoms with Gasteiger partial charge in [0.2, 0.25) is 0 Å². The molecule has 2 rings (SSSR count). The average Bonchev–Trinajstić information content (AvgIpc) is 3.06. The minimum Gasteiger partial charge on any atom is -0.383 e. The van der Waals surface area contributed by atoms with E-state index in [-0.39, 0.29) is 5.91 Å². The summed E-state index contributed by atoms with van der Waals surface area (Å²) in [7, 11) is 1.64. The summed E-state index contributed by atoms with van der Waals surface area (Å²) in [5.41, 5.74) is -0.397. The molecule has 2 N–H and O–H groups in total. The lowest BCUT2D eigenvalue weighted by atomic mass is 9.90. The van der Waals surface area contributed by atoms with Gasteiger partial charge in [-0.15, -0.1) is 0 Å². The van der Waals surface area contributed by atoms with Crippen LogP contribution in [0.2, 0.25) is 0 Å². The summed E-state index contributed by atoms with van der Waals surface area (Å²) in [4.78, 5) is 16.2.